The van der Waals surface area contributed by atoms with E-state index in [-0.39, 0.29) is 5.78 Å². The van der Waals surface area contributed by atoms with Crippen LogP contribution in [-0.2, 0) is 13.5 Å². The van der Waals surface area contributed by atoms with Gasteiger partial charge in [0.25, 0.3) is 0 Å². The molecule has 0 saturated heterocycles. The van der Waals surface area contributed by atoms with Gasteiger partial charge in [-0.1, -0.05) is 6.07 Å². The fourth-order valence-corrected chi connectivity index (χ4v) is 2.32. The number of fused-ring (bicyclic) bond motifs is 1. The number of aryl methyl sites for hydroxylation is 2. The van der Waals surface area contributed by atoms with Crippen molar-refractivity contribution in [2.45, 2.75) is 12.8 Å². The molecule has 3 rings (SSSR count). The molecule has 0 amide bonds. The molecule has 5 nitrogen and oxygen atoms in total. The van der Waals surface area contributed by atoms with E-state index in [1.54, 1.807) is 16.9 Å². The Balaban J connectivity index is 1.76. The van der Waals surface area contributed by atoms with Crippen molar-refractivity contribution in [3.05, 3.63) is 41.7 Å². The van der Waals surface area contributed by atoms with Crippen molar-refractivity contribution in [1.29, 1.82) is 0 Å². The van der Waals surface area contributed by atoms with E-state index in [1.807, 2.05) is 25.2 Å². The summed E-state index contributed by atoms with van der Waals surface area (Å²) in [6.45, 7) is 1.01. The fraction of sp³-hybridized carbons (Fsp3) is 0.333. The molecule has 104 valence electrons. The highest BCUT2D eigenvalue weighted by molar-refractivity contribution is 5.99. The molecular weight excluding hydrogens is 256 g/mol. The zero-order chi connectivity index (χ0) is 13.9. The SMILES string of the molecule is Cn1nccc1CCC(=O)c1cccc2c1OCCO2. The highest BCUT2D eigenvalue weighted by Crippen LogP contribution is 2.34. The second-order valence-corrected chi connectivity index (χ2v) is 4.70. The number of hydrogen-bond acceptors (Lipinski definition) is 4. The van der Waals surface area contributed by atoms with E-state index in [0.29, 0.717) is 43.1 Å². The van der Waals surface area contributed by atoms with Crippen LogP contribution in [0, 0.1) is 0 Å². The molecule has 5 heteroatoms. The summed E-state index contributed by atoms with van der Waals surface area (Å²) in [7, 11) is 1.88. The van der Waals surface area contributed by atoms with Crippen LogP contribution in [0.2, 0.25) is 0 Å². The number of para-hydroxylation sites is 1. The molecule has 0 spiro atoms. The average molecular weight is 272 g/mol. The second-order valence-electron chi connectivity index (χ2n) is 4.70. The van der Waals surface area contributed by atoms with Gasteiger partial charge < -0.3 is 9.47 Å². The number of nitrogens with zero attached hydrogens (tertiary/aromatic N) is 2. The monoisotopic (exact) mass is 272 g/mol. The number of Topliss-reactive ketones (excluding diaryl/α,β-unsaturated/α-hetero) is 1. The van der Waals surface area contributed by atoms with Gasteiger partial charge in [-0.15, -0.1) is 0 Å². The number of benzene rings is 1. The first-order chi connectivity index (χ1) is 9.75. The van der Waals surface area contributed by atoms with Crippen molar-refractivity contribution in [3.63, 3.8) is 0 Å². The summed E-state index contributed by atoms with van der Waals surface area (Å²) < 4.78 is 12.9. The number of hydrogen-bond donors (Lipinski definition) is 0. The molecule has 1 aromatic heterocycles. The maximum Gasteiger partial charge on any atom is 0.172 e. The van der Waals surface area contributed by atoms with Gasteiger partial charge in [0.1, 0.15) is 13.2 Å². The van der Waals surface area contributed by atoms with Gasteiger partial charge in [0.15, 0.2) is 17.3 Å². The lowest BCUT2D eigenvalue weighted by Gasteiger charge is -2.20. The van der Waals surface area contributed by atoms with Crippen molar-refractivity contribution in [2.75, 3.05) is 13.2 Å². The molecule has 2 heterocycles. The average Bonchev–Trinajstić information content (AvgIpc) is 2.89. The fourth-order valence-electron chi connectivity index (χ4n) is 2.32. The summed E-state index contributed by atoms with van der Waals surface area (Å²) in [6.07, 6.45) is 2.83. The topological polar surface area (TPSA) is 53.4 Å². The number of aromatic nitrogens is 2. The Morgan fingerprint density at radius 1 is 1.30 bits per heavy atom. The Labute approximate surface area is 117 Å². The van der Waals surface area contributed by atoms with Crippen LogP contribution in [0.3, 0.4) is 0 Å². The number of rotatable bonds is 4. The molecule has 0 N–H and O–H groups in total. The standard InChI is InChI=1S/C15H16N2O3/c1-17-11(7-8-16-17)5-6-13(18)12-3-2-4-14-15(12)20-10-9-19-14/h2-4,7-8H,5-6,9-10H2,1H3. The summed E-state index contributed by atoms with van der Waals surface area (Å²) in [5.41, 5.74) is 1.64. The first-order valence-corrected chi connectivity index (χ1v) is 6.64. The molecule has 1 aliphatic rings. The Morgan fingerprint density at radius 2 is 2.15 bits per heavy atom. The Morgan fingerprint density at radius 3 is 2.95 bits per heavy atom. The summed E-state index contributed by atoms with van der Waals surface area (Å²) in [5, 5.41) is 4.10. The van der Waals surface area contributed by atoms with E-state index in [0.717, 1.165) is 5.69 Å². The third-order valence-corrected chi connectivity index (χ3v) is 3.40. The third-order valence-electron chi connectivity index (χ3n) is 3.40. The molecule has 2 aromatic rings. The second kappa shape index (κ2) is 5.36. The van der Waals surface area contributed by atoms with Gasteiger partial charge in [0, 0.05) is 25.4 Å². The van der Waals surface area contributed by atoms with Crippen LogP contribution < -0.4 is 9.47 Å². The lowest BCUT2D eigenvalue weighted by molar-refractivity contribution is 0.0971. The van der Waals surface area contributed by atoms with E-state index < -0.39 is 0 Å². The summed E-state index contributed by atoms with van der Waals surface area (Å²) in [4.78, 5) is 12.4. The smallest absolute Gasteiger partial charge is 0.172 e. The van der Waals surface area contributed by atoms with Crippen molar-refractivity contribution in [3.8, 4) is 11.5 Å². The first-order valence-electron chi connectivity index (χ1n) is 6.64. The highest BCUT2D eigenvalue weighted by Gasteiger charge is 2.20. The molecule has 20 heavy (non-hydrogen) atoms. The molecule has 0 atom stereocenters. The maximum absolute atomic E-state index is 12.4. The van der Waals surface area contributed by atoms with Gasteiger partial charge in [0.05, 0.1) is 5.56 Å². The van der Waals surface area contributed by atoms with Crippen molar-refractivity contribution in [1.82, 2.24) is 9.78 Å². The van der Waals surface area contributed by atoms with Gasteiger partial charge in [-0.05, 0) is 24.6 Å². The van der Waals surface area contributed by atoms with E-state index >= 15 is 0 Å². The summed E-state index contributed by atoms with van der Waals surface area (Å²) >= 11 is 0. The van der Waals surface area contributed by atoms with Crippen LogP contribution in [0.4, 0.5) is 0 Å². The Hall–Kier alpha value is -2.30. The minimum atomic E-state index is 0.0635. The zero-order valence-electron chi connectivity index (χ0n) is 11.3. The van der Waals surface area contributed by atoms with Gasteiger partial charge >= 0.3 is 0 Å². The maximum atomic E-state index is 12.4. The lowest BCUT2D eigenvalue weighted by Crippen LogP contribution is -2.18. The van der Waals surface area contributed by atoms with Crippen LogP contribution in [0.5, 0.6) is 11.5 Å². The van der Waals surface area contributed by atoms with E-state index in [9.17, 15) is 4.79 Å². The lowest BCUT2D eigenvalue weighted by atomic mass is 10.0. The minimum Gasteiger partial charge on any atom is -0.486 e. The Bertz CT molecular complexity index is 634. The van der Waals surface area contributed by atoms with Crippen LogP contribution in [-0.4, -0.2) is 28.8 Å². The van der Waals surface area contributed by atoms with Gasteiger partial charge in [-0.3, -0.25) is 9.48 Å². The molecular formula is C15H16N2O3. The molecule has 0 radical (unpaired) electrons. The molecule has 0 fully saturated rings. The predicted octanol–water partition coefficient (Wildman–Crippen LogP) is 2.01. The summed E-state index contributed by atoms with van der Waals surface area (Å²) in [5.74, 6) is 1.30. The molecule has 0 unspecified atom stereocenters. The van der Waals surface area contributed by atoms with E-state index in [1.165, 1.54) is 0 Å². The van der Waals surface area contributed by atoms with Gasteiger partial charge in [-0.25, -0.2) is 0 Å². The largest absolute Gasteiger partial charge is 0.486 e. The van der Waals surface area contributed by atoms with E-state index in [2.05, 4.69) is 5.10 Å². The van der Waals surface area contributed by atoms with Crippen molar-refractivity contribution >= 4 is 5.78 Å². The predicted molar refractivity (Wildman–Crippen MR) is 73.3 cm³/mol. The van der Waals surface area contributed by atoms with Crippen molar-refractivity contribution < 1.29 is 14.3 Å². The number of ketones is 1. The zero-order valence-corrected chi connectivity index (χ0v) is 11.3. The number of ether oxygens (including phenoxy) is 2. The van der Waals surface area contributed by atoms with Crippen LogP contribution in [0.15, 0.2) is 30.5 Å². The number of carbonyl (C=O) groups excluding carboxylic acids is 1. The van der Waals surface area contributed by atoms with Crippen molar-refractivity contribution in [2.24, 2.45) is 7.05 Å². The summed E-state index contributed by atoms with van der Waals surface area (Å²) in [6, 6.07) is 7.36. The quantitative estimate of drug-likeness (QED) is 0.799. The molecule has 0 bridgehead atoms. The Kier molecular flexibility index (Phi) is 3.41. The number of carbonyl (C=O) groups is 1. The van der Waals surface area contributed by atoms with Crippen LogP contribution in [0.1, 0.15) is 22.5 Å². The van der Waals surface area contributed by atoms with Crippen LogP contribution in [0.25, 0.3) is 0 Å². The molecule has 0 aliphatic carbocycles. The minimum absolute atomic E-state index is 0.0635. The molecule has 1 aliphatic heterocycles. The first kappa shape index (κ1) is 12.7. The van der Waals surface area contributed by atoms with Gasteiger partial charge in [0.2, 0.25) is 0 Å². The highest BCUT2D eigenvalue weighted by atomic mass is 16.6. The third kappa shape index (κ3) is 2.39. The van der Waals surface area contributed by atoms with Gasteiger partial charge in [-0.2, -0.15) is 5.10 Å². The van der Waals surface area contributed by atoms with Crippen LogP contribution >= 0.6 is 0 Å². The molecule has 0 saturated carbocycles. The normalized spacial score (nSPS) is 13.2. The van der Waals surface area contributed by atoms with E-state index in [4.69, 9.17) is 9.47 Å². The molecule has 1 aromatic carbocycles.